The fourth-order valence-electron chi connectivity index (χ4n) is 2.36. The van der Waals surface area contributed by atoms with Gasteiger partial charge < -0.3 is 5.73 Å². The minimum absolute atomic E-state index is 0.0252. The van der Waals surface area contributed by atoms with Crippen LogP contribution in [-0.4, -0.2) is 5.78 Å². The number of anilines is 1. The predicted octanol–water partition coefficient (Wildman–Crippen LogP) is 4.44. The van der Waals surface area contributed by atoms with Gasteiger partial charge in [0.1, 0.15) is 0 Å². The van der Waals surface area contributed by atoms with Crippen molar-refractivity contribution in [1.82, 2.24) is 0 Å². The van der Waals surface area contributed by atoms with Gasteiger partial charge in [-0.1, -0.05) is 32.0 Å². The molecule has 0 atom stereocenters. The number of fused-ring (bicyclic) bond motifs is 3. The van der Waals surface area contributed by atoms with Gasteiger partial charge in [0.2, 0.25) is 0 Å². The van der Waals surface area contributed by atoms with Crippen molar-refractivity contribution >= 4 is 33.9 Å². The molecule has 0 saturated heterocycles. The summed E-state index contributed by atoms with van der Waals surface area (Å²) >= 11 is 3.38. The summed E-state index contributed by atoms with van der Waals surface area (Å²) in [4.78, 5) is 14.9. The number of carbonyl (C=O) groups excluding carboxylic acids is 1. The van der Waals surface area contributed by atoms with E-state index in [0.717, 1.165) is 22.4 Å². The number of thiophene rings is 1. The van der Waals surface area contributed by atoms with Gasteiger partial charge in [0.05, 0.1) is 10.6 Å². The lowest BCUT2D eigenvalue weighted by Crippen LogP contribution is -2.10. The van der Waals surface area contributed by atoms with Crippen molar-refractivity contribution in [2.24, 2.45) is 5.92 Å². The molecule has 0 saturated carbocycles. The highest BCUT2D eigenvalue weighted by Gasteiger charge is 2.28. The predicted molar refractivity (Wildman–Crippen MR) is 82.9 cm³/mol. The highest BCUT2D eigenvalue weighted by molar-refractivity contribution is 7.98. The molecule has 0 spiro atoms. The number of benzene rings is 1. The van der Waals surface area contributed by atoms with Crippen LogP contribution in [0.25, 0.3) is 11.1 Å². The van der Waals surface area contributed by atoms with Crippen LogP contribution in [0.3, 0.4) is 0 Å². The van der Waals surface area contributed by atoms with Gasteiger partial charge >= 0.3 is 0 Å². The van der Waals surface area contributed by atoms with E-state index in [9.17, 15) is 4.79 Å². The summed E-state index contributed by atoms with van der Waals surface area (Å²) in [6, 6.07) is 8.26. The Morgan fingerprint density at radius 1 is 1.32 bits per heavy atom. The standard InChI is InChI=1S/C15H15NOS2/c1-8(2)14(17)13-12-9-5-3-4-6-10(9)18-7-11(12)19-15(13)16/h3-6,8H,7,16H2,1-2H3. The Balaban J connectivity index is 2.26. The summed E-state index contributed by atoms with van der Waals surface area (Å²) < 4.78 is 0. The summed E-state index contributed by atoms with van der Waals surface area (Å²) in [6.45, 7) is 3.85. The molecule has 1 aliphatic rings. The minimum atomic E-state index is -0.0252. The van der Waals surface area contributed by atoms with Gasteiger partial charge in [-0.05, 0) is 11.6 Å². The highest BCUT2D eigenvalue weighted by atomic mass is 32.2. The van der Waals surface area contributed by atoms with Crippen molar-refractivity contribution in [3.8, 4) is 11.1 Å². The van der Waals surface area contributed by atoms with E-state index in [1.165, 1.54) is 9.77 Å². The fraction of sp³-hybridized carbons (Fsp3) is 0.267. The first kappa shape index (κ1) is 12.8. The topological polar surface area (TPSA) is 43.1 Å². The van der Waals surface area contributed by atoms with Crippen molar-refractivity contribution in [2.45, 2.75) is 24.5 Å². The quantitative estimate of drug-likeness (QED) is 0.831. The second-order valence-corrected chi connectivity index (χ2v) is 7.10. The molecule has 1 aromatic carbocycles. The Morgan fingerprint density at radius 3 is 2.79 bits per heavy atom. The van der Waals surface area contributed by atoms with Gasteiger partial charge in [0.15, 0.2) is 5.78 Å². The number of thioether (sulfide) groups is 1. The number of ketones is 1. The Bertz CT molecular complexity index is 658. The molecule has 0 amide bonds. The number of carbonyl (C=O) groups is 1. The van der Waals surface area contributed by atoms with Gasteiger partial charge in [-0.15, -0.1) is 23.1 Å². The van der Waals surface area contributed by atoms with Crippen LogP contribution < -0.4 is 5.73 Å². The number of hydrogen-bond acceptors (Lipinski definition) is 4. The SMILES string of the molecule is CC(C)C(=O)c1c(N)sc2c1-c1ccccc1SC2. The van der Waals surface area contributed by atoms with Gasteiger partial charge in [-0.2, -0.15) is 0 Å². The minimum Gasteiger partial charge on any atom is -0.390 e. The lowest BCUT2D eigenvalue weighted by atomic mass is 9.94. The van der Waals surface area contributed by atoms with E-state index in [1.807, 2.05) is 37.7 Å². The Kier molecular flexibility index (Phi) is 3.15. The van der Waals surface area contributed by atoms with E-state index >= 15 is 0 Å². The molecule has 0 radical (unpaired) electrons. The molecule has 2 nitrogen and oxygen atoms in total. The molecule has 19 heavy (non-hydrogen) atoms. The molecule has 0 unspecified atom stereocenters. The van der Waals surface area contributed by atoms with E-state index in [2.05, 4.69) is 12.1 Å². The normalized spacial score (nSPS) is 13.2. The third-order valence-electron chi connectivity index (χ3n) is 3.29. The maximum atomic E-state index is 12.4. The van der Waals surface area contributed by atoms with E-state index in [1.54, 1.807) is 11.3 Å². The van der Waals surface area contributed by atoms with Crippen molar-refractivity contribution in [2.75, 3.05) is 5.73 Å². The number of nitrogen functional groups attached to an aromatic ring is 1. The summed E-state index contributed by atoms with van der Waals surface area (Å²) in [5, 5.41) is 0.668. The number of nitrogens with two attached hydrogens (primary N) is 1. The number of hydrogen-bond donors (Lipinski definition) is 1. The van der Waals surface area contributed by atoms with Crippen LogP contribution in [-0.2, 0) is 5.75 Å². The van der Waals surface area contributed by atoms with Crippen molar-refractivity contribution < 1.29 is 4.79 Å². The van der Waals surface area contributed by atoms with Crippen LogP contribution in [0.4, 0.5) is 5.00 Å². The van der Waals surface area contributed by atoms with Crippen LogP contribution in [0.5, 0.6) is 0 Å². The molecular formula is C15H15NOS2. The van der Waals surface area contributed by atoms with Crippen molar-refractivity contribution in [3.63, 3.8) is 0 Å². The fourth-order valence-corrected chi connectivity index (χ4v) is 4.59. The lowest BCUT2D eigenvalue weighted by molar-refractivity contribution is 0.0941. The largest absolute Gasteiger partial charge is 0.390 e. The molecular weight excluding hydrogens is 274 g/mol. The summed E-state index contributed by atoms with van der Waals surface area (Å²) in [6.07, 6.45) is 0. The molecule has 3 rings (SSSR count). The molecule has 2 heterocycles. The molecule has 0 bridgehead atoms. The highest BCUT2D eigenvalue weighted by Crippen LogP contribution is 2.49. The first-order chi connectivity index (χ1) is 9.09. The average molecular weight is 289 g/mol. The van der Waals surface area contributed by atoms with E-state index in [4.69, 9.17) is 5.73 Å². The van der Waals surface area contributed by atoms with Crippen LogP contribution in [0.2, 0.25) is 0 Å². The second kappa shape index (κ2) is 4.69. The summed E-state index contributed by atoms with van der Waals surface area (Å²) in [7, 11) is 0. The Morgan fingerprint density at radius 2 is 2.05 bits per heavy atom. The molecule has 2 aromatic rings. The monoisotopic (exact) mass is 289 g/mol. The third-order valence-corrected chi connectivity index (χ3v) is 5.60. The van der Waals surface area contributed by atoms with Gasteiger partial charge in [-0.25, -0.2) is 0 Å². The molecule has 0 fully saturated rings. The number of Topliss-reactive ketones (excluding diaryl/α,β-unsaturated/α-hetero) is 1. The zero-order valence-corrected chi connectivity index (χ0v) is 12.5. The first-order valence-electron chi connectivity index (χ1n) is 6.27. The van der Waals surface area contributed by atoms with Gasteiger partial charge in [0, 0.05) is 27.0 Å². The lowest BCUT2D eigenvalue weighted by Gasteiger charge is -2.17. The molecule has 2 N–H and O–H groups in total. The summed E-state index contributed by atoms with van der Waals surface area (Å²) in [5.74, 6) is 1.03. The zero-order valence-electron chi connectivity index (χ0n) is 10.9. The first-order valence-corrected chi connectivity index (χ1v) is 8.07. The molecule has 0 aliphatic carbocycles. The Hall–Kier alpha value is -1.26. The Labute approximate surface area is 121 Å². The zero-order chi connectivity index (χ0) is 13.6. The molecule has 98 valence electrons. The second-order valence-electron chi connectivity index (χ2n) is 4.94. The van der Waals surface area contributed by atoms with Crippen molar-refractivity contribution in [1.29, 1.82) is 0 Å². The maximum Gasteiger partial charge on any atom is 0.168 e. The smallest absolute Gasteiger partial charge is 0.168 e. The molecule has 1 aromatic heterocycles. The third kappa shape index (κ3) is 1.99. The number of rotatable bonds is 2. The summed E-state index contributed by atoms with van der Waals surface area (Å²) in [5.41, 5.74) is 9.08. The van der Waals surface area contributed by atoms with E-state index < -0.39 is 0 Å². The van der Waals surface area contributed by atoms with Crippen LogP contribution >= 0.6 is 23.1 Å². The van der Waals surface area contributed by atoms with Crippen LogP contribution in [0, 0.1) is 5.92 Å². The van der Waals surface area contributed by atoms with Gasteiger partial charge in [-0.3, -0.25) is 4.79 Å². The van der Waals surface area contributed by atoms with Crippen molar-refractivity contribution in [3.05, 3.63) is 34.7 Å². The van der Waals surface area contributed by atoms with E-state index in [0.29, 0.717) is 5.00 Å². The van der Waals surface area contributed by atoms with Crippen LogP contribution in [0.1, 0.15) is 29.1 Å². The van der Waals surface area contributed by atoms with Crippen LogP contribution in [0.15, 0.2) is 29.2 Å². The molecule has 4 heteroatoms. The van der Waals surface area contributed by atoms with E-state index in [-0.39, 0.29) is 11.7 Å². The molecule has 1 aliphatic heterocycles. The maximum absolute atomic E-state index is 12.4. The average Bonchev–Trinajstić information content (AvgIpc) is 2.74. The van der Waals surface area contributed by atoms with Gasteiger partial charge in [0.25, 0.3) is 0 Å².